The number of ether oxygens (including phenoxy) is 2. The van der Waals surface area contributed by atoms with E-state index in [-0.39, 0.29) is 36.3 Å². The van der Waals surface area contributed by atoms with Crippen molar-refractivity contribution in [3.63, 3.8) is 0 Å². The molecule has 2 N–H and O–H groups in total. The van der Waals surface area contributed by atoms with Crippen LogP contribution in [-0.4, -0.2) is 37.8 Å². The Morgan fingerprint density at radius 1 is 1.20 bits per heavy atom. The van der Waals surface area contributed by atoms with Crippen LogP contribution in [0.3, 0.4) is 0 Å². The lowest BCUT2D eigenvalue weighted by Crippen LogP contribution is -2.38. The molecule has 0 aliphatic carbocycles. The fraction of sp³-hybridized carbons (Fsp3) is 0.429. The zero-order chi connectivity index (χ0) is 21.1. The number of halogens is 3. The zero-order valence-corrected chi connectivity index (χ0v) is 19.8. The molecule has 0 atom stereocenters. The highest BCUT2D eigenvalue weighted by Gasteiger charge is 2.12. The Labute approximate surface area is 193 Å². The van der Waals surface area contributed by atoms with Gasteiger partial charge in [-0.3, -0.25) is 9.98 Å². The molecule has 1 heterocycles. The van der Waals surface area contributed by atoms with Crippen molar-refractivity contribution in [3.8, 4) is 11.5 Å². The van der Waals surface area contributed by atoms with Crippen molar-refractivity contribution in [2.75, 3.05) is 20.2 Å². The second kappa shape index (κ2) is 13.9. The van der Waals surface area contributed by atoms with E-state index in [1.807, 2.05) is 26.1 Å². The summed E-state index contributed by atoms with van der Waals surface area (Å²) in [4.78, 5) is 8.26. The second-order valence-electron chi connectivity index (χ2n) is 6.40. The van der Waals surface area contributed by atoms with Gasteiger partial charge in [0, 0.05) is 44.2 Å². The number of aromatic nitrogens is 1. The molecule has 0 aliphatic heterocycles. The van der Waals surface area contributed by atoms with E-state index in [2.05, 4.69) is 25.3 Å². The Morgan fingerprint density at radius 3 is 2.67 bits per heavy atom. The number of guanidine groups is 1. The minimum atomic E-state index is -2.91. The number of pyridine rings is 1. The molecule has 9 heteroatoms. The number of hydrogen-bond acceptors (Lipinski definition) is 4. The van der Waals surface area contributed by atoms with Gasteiger partial charge in [0.1, 0.15) is 11.5 Å². The number of aryl methyl sites for hydroxylation is 1. The quantitative estimate of drug-likeness (QED) is 0.270. The van der Waals surface area contributed by atoms with E-state index in [1.54, 1.807) is 25.4 Å². The van der Waals surface area contributed by atoms with Crippen LogP contribution >= 0.6 is 24.0 Å². The third kappa shape index (κ3) is 8.68. The van der Waals surface area contributed by atoms with E-state index < -0.39 is 6.61 Å². The van der Waals surface area contributed by atoms with Gasteiger partial charge in [0.05, 0.1) is 6.61 Å². The highest BCUT2D eigenvalue weighted by molar-refractivity contribution is 14.0. The predicted octanol–water partition coefficient (Wildman–Crippen LogP) is 4.31. The molecule has 0 unspecified atom stereocenters. The van der Waals surface area contributed by atoms with Crippen LogP contribution in [0.15, 0.2) is 41.7 Å². The molecule has 2 rings (SSSR count). The molecule has 6 nitrogen and oxygen atoms in total. The summed E-state index contributed by atoms with van der Waals surface area (Å²) in [5, 5.41) is 6.34. The van der Waals surface area contributed by atoms with Gasteiger partial charge in [-0.05, 0) is 49.1 Å². The number of hydrogen-bond donors (Lipinski definition) is 2. The molecule has 2 aromatic rings. The molecule has 0 radical (unpaired) electrons. The van der Waals surface area contributed by atoms with Gasteiger partial charge >= 0.3 is 6.61 Å². The third-order valence-electron chi connectivity index (χ3n) is 4.22. The summed E-state index contributed by atoms with van der Waals surface area (Å²) in [6.07, 6.45) is 5.25. The molecule has 1 aromatic carbocycles. The minimum Gasteiger partial charge on any atom is -0.493 e. The van der Waals surface area contributed by atoms with Crippen LogP contribution in [0.4, 0.5) is 8.78 Å². The van der Waals surface area contributed by atoms with Crippen molar-refractivity contribution < 1.29 is 18.3 Å². The van der Waals surface area contributed by atoms with E-state index in [9.17, 15) is 8.78 Å². The zero-order valence-electron chi connectivity index (χ0n) is 17.5. The van der Waals surface area contributed by atoms with Gasteiger partial charge in [-0.25, -0.2) is 0 Å². The maximum Gasteiger partial charge on any atom is 0.387 e. The van der Waals surface area contributed by atoms with Gasteiger partial charge in [0.15, 0.2) is 5.96 Å². The van der Waals surface area contributed by atoms with Gasteiger partial charge in [-0.15, -0.1) is 24.0 Å². The fourth-order valence-electron chi connectivity index (χ4n) is 2.69. The van der Waals surface area contributed by atoms with Crippen molar-refractivity contribution in [3.05, 3.63) is 53.3 Å². The van der Waals surface area contributed by atoms with E-state index in [0.29, 0.717) is 30.4 Å². The maximum absolute atomic E-state index is 12.8. The lowest BCUT2D eigenvalue weighted by Gasteiger charge is -2.16. The molecule has 1 aromatic heterocycles. The van der Waals surface area contributed by atoms with Crippen LogP contribution in [0.2, 0.25) is 0 Å². The van der Waals surface area contributed by atoms with Crippen LogP contribution in [0, 0.1) is 6.92 Å². The van der Waals surface area contributed by atoms with Gasteiger partial charge in [-0.1, -0.05) is 6.92 Å². The smallest absolute Gasteiger partial charge is 0.387 e. The van der Waals surface area contributed by atoms with Crippen LogP contribution in [0.5, 0.6) is 11.5 Å². The molecule has 0 aliphatic rings. The molecule has 0 bridgehead atoms. The first-order valence-corrected chi connectivity index (χ1v) is 9.58. The molecular weight excluding hydrogens is 505 g/mol. The Kier molecular flexibility index (Phi) is 12.0. The molecule has 0 amide bonds. The largest absolute Gasteiger partial charge is 0.493 e. The van der Waals surface area contributed by atoms with Crippen LogP contribution < -0.4 is 20.1 Å². The van der Waals surface area contributed by atoms with E-state index in [1.165, 1.54) is 11.6 Å². The first-order chi connectivity index (χ1) is 14.0. The monoisotopic (exact) mass is 534 g/mol. The molecular formula is C21H29F2IN4O2. The van der Waals surface area contributed by atoms with Crippen LogP contribution in [0.25, 0.3) is 0 Å². The molecule has 0 saturated heterocycles. The highest BCUT2D eigenvalue weighted by atomic mass is 127. The molecule has 0 saturated carbocycles. The Balaban J connectivity index is 0.00000450. The first-order valence-electron chi connectivity index (χ1n) is 9.58. The van der Waals surface area contributed by atoms with Crippen molar-refractivity contribution >= 4 is 29.9 Å². The van der Waals surface area contributed by atoms with Crippen LogP contribution in [0.1, 0.15) is 30.0 Å². The summed E-state index contributed by atoms with van der Waals surface area (Å²) >= 11 is 0. The Bertz CT molecular complexity index is 806. The van der Waals surface area contributed by atoms with Crippen molar-refractivity contribution in [2.24, 2.45) is 4.99 Å². The SMILES string of the molecule is CCCOc1ccc(CNC(=NC)NCCc2ccncc2C)c(OC(F)F)c1.I. The summed E-state index contributed by atoms with van der Waals surface area (Å²) in [7, 11) is 1.66. The van der Waals surface area contributed by atoms with E-state index in [0.717, 1.165) is 18.4 Å². The average Bonchev–Trinajstić information content (AvgIpc) is 2.70. The third-order valence-corrected chi connectivity index (χ3v) is 4.22. The van der Waals surface area contributed by atoms with Crippen molar-refractivity contribution in [1.82, 2.24) is 15.6 Å². The number of aliphatic imine (C=N–C) groups is 1. The predicted molar refractivity (Wildman–Crippen MR) is 125 cm³/mol. The van der Waals surface area contributed by atoms with E-state index >= 15 is 0 Å². The number of nitrogens with zero attached hydrogens (tertiary/aromatic N) is 2. The summed E-state index contributed by atoms with van der Waals surface area (Å²) < 4.78 is 35.7. The summed E-state index contributed by atoms with van der Waals surface area (Å²) in [5.74, 6) is 1.16. The average molecular weight is 534 g/mol. The Morgan fingerprint density at radius 2 is 2.00 bits per heavy atom. The second-order valence-corrected chi connectivity index (χ2v) is 6.40. The molecule has 30 heavy (non-hydrogen) atoms. The molecule has 166 valence electrons. The van der Waals surface area contributed by atoms with Gasteiger partial charge in [0.2, 0.25) is 0 Å². The van der Waals surface area contributed by atoms with Crippen molar-refractivity contribution in [1.29, 1.82) is 0 Å². The topological polar surface area (TPSA) is 67.8 Å². The summed E-state index contributed by atoms with van der Waals surface area (Å²) in [6.45, 7) is 2.56. The number of benzene rings is 1. The maximum atomic E-state index is 12.8. The number of nitrogens with one attached hydrogen (secondary N) is 2. The summed E-state index contributed by atoms with van der Waals surface area (Å²) in [6, 6.07) is 6.93. The highest BCUT2D eigenvalue weighted by Crippen LogP contribution is 2.26. The number of alkyl halides is 2. The number of rotatable bonds is 10. The van der Waals surface area contributed by atoms with Gasteiger partial charge in [-0.2, -0.15) is 8.78 Å². The first kappa shape index (κ1) is 25.9. The van der Waals surface area contributed by atoms with E-state index in [4.69, 9.17) is 4.74 Å². The fourth-order valence-corrected chi connectivity index (χ4v) is 2.69. The standard InChI is InChI=1S/C21H28F2N4O2.HI/c1-4-11-28-18-6-5-17(19(12-18)29-20(22)23)14-27-21(24-3)26-10-8-16-7-9-25-13-15(16)2;/h5-7,9,12-13,20H,4,8,10-11,14H2,1-3H3,(H2,24,26,27);1H. The van der Waals surface area contributed by atoms with Crippen molar-refractivity contribution in [2.45, 2.75) is 39.8 Å². The lowest BCUT2D eigenvalue weighted by molar-refractivity contribution is -0.0505. The lowest BCUT2D eigenvalue weighted by atomic mass is 10.1. The van der Waals surface area contributed by atoms with Gasteiger partial charge in [0.25, 0.3) is 0 Å². The normalized spacial score (nSPS) is 11.1. The molecule has 0 spiro atoms. The van der Waals surface area contributed by atoms with Crippen LogP contribution in [-0.2, 0) is 13.0 Å². The Hall–Kier alpha value is -2.17. The minimum absolute atomic E-state index is 0. The van der Waals surface area contributed by atoms with Gasteiger partial charge < -0.3 is 20.1 Å². The summed E-state index contributed by atoms with van der Waals surface area (Å²) in [5.41, 5.74) is 2.93. The molecule has 0 fully saturated rings.